The zero-order valence-corrected chi connectivity index (χ0v) is 31.2. The Labute approximate surface area is 333 Å². The van der Waals surface area contributed by atoms with Crippen LogP contribution in [0.4, 0.5) is 17.1 Å². The molecule has 272 valence electrons. The fourth-order valence-corrected chi connectivity index (χ4v) is 8.82. The smallest absolute Gasteiger partial charge is 0.145 e. The molecule has 0 aliphatic heterocycles. The molecule has 0 N–H and O–H groups in total. The summed E-state index contributed by atoms with van der Waals surface area (Å²) in [6, 6.07) is 70.1. The van der Waals surface area contributed by atoms with Crippen molar-refractivity contribution in [2.75, 3.05) is 4.90 Å². The molecule has 12 aromatic rings. The Morgan fingerprint density at radius 2 is 0.793 bits per heavy atom. The molecule has 12 rings (SSSR count). The van der Waals surface area contributed by atoms with Gasteiger partial charge in [0.05, 0.1) is 11.3 Å². The number of nitrogens with zero attached hydrogens (tertiary/aromatic N) is 1. The van der Waals surface area contributed by atoms with Crippen LogP contribution in [0, 0.1) is 0 Å². The minimum Gasteiger partial charge on any atom is -0.456 e. The number of para-hydroxylation sites is 3. The highest BCUT2D eigenvalue weighted by atomic mass is 16.3. The van der Waals surface area contributed by atoms with Crippen LogP contribution >= 0.6 is 0 Å². The summed E-state index contributed by atoms with van der Waals surface area (Å²) in [4.78, 5) is 2.34. The zero-order valence-electron chi connectivity index (χ0n) is 31.2. The van der Waals surface area contributed by atoms with Crippen LogP contribution in [0.5, 0.6) is 0 Å². The fourth-order valence-electron chi connectivity index (χ4n) is 8.82. The van der Waals surface area contributed by atoms with E-state index < -0.39 is 0 Å². The van der Waals surface area contributed by atoms with Crippen molar-refractivity contribution in [3.05, 3.63) is 200 Å². The van der Waals surface area contributed by atoms with Crippen molar-refractivity contribution in [2.45, 2.75) is 0 Å². The summed E-state index contributed by atoms with van der Waals surface area (Å²) in [6.45, 7) is 0. The second-order valence-corrected chi connectivity index (χ2v) is 14.8. The maximum Gasteiger partial charge on any atom is 0.145 e. The average molecular weight is 744 g/mol. The van der Waals surface area contributed by atoms with Crippen LogP contribution in [0.2, 0.25) is 0 Å². The highest BCUT2D eigenvalue weighted by molar-refractivity contribution is 6.28. The van der Waals surface area contributed by atoms with Gasteiger partial charge in [0.2, 0.25) is 0 Å². The molecule has 3 aromatic heterocycles. The number of furan rings is 3. The van der Waals surface area contributed by atoms with Crippen LogP contribution in [0.3, 0.4) is 0 Å². The van der Waals surface area contributed by atoms with Gasteiger partial charge in [0.15, 0.2) is 0 Å². The lowest BCUT2D eigenvalue weighted by Gasteiger charge is -2.28. The first-order valence-corrected chi connectivity index (χ1v) is 19.6. The normalized spacial score (nSPS) is 11.8. The van der Waals surface area contributed by atoms with E-state index in [-0.39, 0.29) is 0 Å². The summed E-state index contributed by atoms with van der Waals surface area (Å²) in [5.74, 6) is 0. The van der Waals surface area contributed by atoms with Crippen molar-refractivity contribution in [3.8, 4) is 33.4 Å². The van der Waals surface area contributed by atoms with Gasteiger partial charge in [-0.2, -0.15) is 0 Å². The number of fused-ring (bicyclic) bond motifs is 10. The van der Waals surface area contributed by atoms with Crippen LogP contribution in [-0.4, -0.2) is 0 Å². The Morgan fingerprint density at radius 1 is 0.293 bits per heavy atom. The van der Waals surface area contributed by atoms with Gasteiger partial charge in [-0.05, 0) is 82.9 Å². The van der Waals surface area contributed by atoms with Gasteiger partial charge in [-0.1, -0.05) is 140 Å². The Morgan fingerprint density at radius 3 is 1.45 bits per heavy atom. The largest absolute Gasteiger partial charge is 0.456 e. The van der Waals surface area contributed by atoms with Gasteiger partial charge in [-0.3, -0.25) is 0 Å². The first-order valence-electron chi connectivity index (χ1n) is 19.6. The van der Waals surface area contributed by atoms with Crippen molar-refractivity contribution in [2.24, 2.45) is 0 Å². The summed E-state index contributed by atoms with van der Waals surface area (Å²) < 4.78 is 20.3. The molecule has 4 nitrogen and oxygen atoms in total. The Hall–Kier alpha value is -7.82. The van der Waals surface area contributed by atoms with Crippen LogP contribution in [0.25, 0.3) is 99.2 Å². The Bertz CT molecular complexity index is 3400. The summed E-state index contributed by atoms with van der Waals surface area (Å²) >= 11 is 0. The highest BCUT2D eigenvalue weighted by Gasteiger charge is 2.27. The minimum absolute atomic E-state index is 0.782. The summed E-state index contributed by atoms with van der Waals surface area (Å²) in [6.07, 6.45) is 0. The van der Waals surface area contributed by atoms with Crippen molar-refractivity contribution >= 4 is 82.9 Å². The third-order valence-corrected chi connectivity index (χ3v) is 11.5. The van der Waals surface area contributed by atoms with E-state index in [0.29, 0.717) is 0 Å². The quantitative estimate of drug-likeness (QED) is 0.170. The molecular formula is C54H33NO3. The van der Waals surface area contributed by atoms with Gasteiger partial charge in [0.1, 0.15) is 33.5 Å². The molecule has 9 aromatic carbocycles. The van der Waals surface area contributed by atoms with Crippen molar-refractivity contribution in [3.63, 3.8) is 0 Å². The van der Waals surface area contributed by atoms with E-state index in [1.165, 1.54) is 11.1 Å². The van der Waals surface area contributed by atoms with Gasteiger partial charge in [-0.15, -0.1) is 0 Å². The second kappa shape index (κ2) is 12.9. The van der Waals surface area contributed by atoms with Gasteiger partial charge in [-0.25, -0.2) is 0 Å². The molecule has 58 heavy (non-hydrogen) atoms. The summed E-state index contributed by atoms with van der Waals surface area (Å²) in [7, 11) is 0. The zero-order chi connectivity index (χ0) is 38.2. The topological polar surface area (TPSA) is 42.7 Å². The lowest BCUT2D eigenvalue weighted by Crippen LogP contribution is -2.11. The summed E-state index contributed by atoms with van der Waals surface area (Å²) in [5, 5.41) is 6.30. The average Bonchev–Trinajstić information content (AvgIpc) is 3.99. The van der Waals surface area contributed by atoms with E-state index in [4.69, 9.17) is 13.3 Å². The van der Waals surface area contributed by atoms with E-state index in [0.717, 1.165) is 105 Å². The molecular weight excluding hydrogens is 711 g/mol. The molecule has 0 fully saturated rings. The first kappa shape index (κ1) is 32.4. The Kier molecular flexibility index (Phi) is 7.20. The van der Waals surface area contributed by atoms with Crippen LogP contribution in [0.1, 0.15) is 0 Å². The van der Waals surface area contributed by atoms with E-state index in [2.05, 4.69) is 169 Å². The van der Waals surface area contributed by atoms with E-state index in [9.17, 15) is 0 Å². The monoisotopic (exact) mass is 743 g/mol. The van der Waals surface area contributed by atoms with Crippen molar-refractivity contribution in [1.29, 1.82) is 0 Å². The SMILES string of the molecule is c1ccc(-c2ccc(N(c3ccc(-c4ccccc4)cc3)c3ccc4c(oc5ccc6oc7ccccc7c6c54)c3-c3cccc4c3oc3ccccc34)cc2)cc1. The third kappa shape index (κ3) is 5.02. The van der Waals surface area contributed by atoms with E-state index >= 15 is 0 Å². The molecule has 0 spiro atoms. The molecule has 0 saturated carbocycles. The number of hydrogen-bond donors (Lipinski definition) is 0. The molecule has 0 atom stereocenters. The maximum atomic E-state index is 7.09. The molecule has 3 heterocycles. The first-order chi connectivity index (χ1) is 28.8. The molecule has 0 radical (unpaired) electrons. The predicted molar refractivity (Wildman–Crippen MR) is 239 cm³/mol. The lowest BCUT2D eigenvalue weighted by atomic mass is 9.95. The summed E-state index contributed by atoms with van der Waals surface area (Å²) in [5.41, 5.74) is 14.5. The predicted octanol–water partition coefficient (Wildman–Crippen LogP) is 15.9. The van der Waals surface area contributed by atoms with Gasteiger partial charge >= 0.3 is 0 Å². The van der Waals surface area contributed by atoms with Gasteiger partial charge in [0.25, 0.3) is 0 Å². The molecule has 0 unspecified atom stereocenters. The Balaban J connectivity index is 1.17. The molecule has 0 aliphatic rings. The number of hydrogen-bond acceptors (Lipinski definition) is 4. The van der Waals surface area contributed by atoms with Crippen LogP contribution < -0.4 is 4.90 Å². The molecule has 0 amide bonds. The van der Waals surface area contributed by atoms with E-state index in [1.54, 1.807) is 0 Å². The highest BCUT2D eigenvalue weighted by Crippen LogP contribution is 2.50. The van der Waals surface area contributed by atoms with E-state index in [1.807, 2.05) is 36.4 Å². The number of rotatable bonds is 6. The molecule has 4 heteroatoms. The third-order valence-electron chi connectivity index (χ3n) is 11.5. The molecule has 0 bridgehead atoms. The number of anilines is 3. The second-order valence-electron chi connectivity index (χ2n) is 14.8. The number of benzene rings is 9. The lowest BCUT2D eigenvalue weighted by molar-refractivity contribution is 0.662. The van der Waals surface area contributed by atoms with Crippen molar-refractivity contribution in [1.82, 2.24) is 0 Å². The maximum absolute atomic E-state index is 7.09. The van der Waals surface area contributed by atoms with Crippen molar-refractivity contribution < 1.29 is 13.3 Å². The molecule has 0 aliphatic carbocycles. The standard InChI is InChI=1S/C54H33NO3/c1-3-12-34(13-4-1)36-22-26-38(27-23-36)55(39-28-24-37(25-29-39)35-14-5-2-6-15-35)45-31-30-44-52-49(33-32-48-51(52)42-17-8-10-21-47(42)56-48)58-54(44)50(45)43-19-11-18-41-40-16-7-9-20-46(40)57-53(41)43/h1-33H. The van der Waals surface area contributed by atoms with Gasteiger partial charge in [0, 0.05) is 49.3 Å². The van der Waals surface area contributed by atoms with Crippen LogP contribution in [-0.2, 0) is 0 Å². The van der Waals surface area contributed by atoms with Gasteiger partial charge < -0.3 is 18.2 Å². The fraction of sp³-hybridized carbons (Fsp3) is 0. The minimum atomic E-state index is 0.782. The van der Waals surface area contributed by atoms with Crippen LogP contribution in [0.15, 0.2) is 213 Å². The molecule has 0 saturated heterocycles.